The maximum atomic E-state index is 11.4. The second kappa shape index (κ2) is 5.72. The van der Waals surface area contributed by atoms with Gasteiger partial charge in [0.2, 0.25) is 5.91 Å². The lowest BCUT2D eigenvalue weighted by molar-refractivity contribution is -0.121. The van der Waals surface area contributed by atoms with Gasteiger partial charge in [-0.2, -0.15) is 0 Å². The molecule has 4 nitrogen and oxygen atoms in total. The summed E-state index contributed by atoms with van der Waals surface area (Å²) in [4.78, 5) is 11.4. The zero-order valence-electron chi connectivity index (χ0n) is 9.56. The third kappa shape index (κ3) is 3.12. The molecule has 0 aliphatic heterocycles. The van der Waals surface area contributed by atoms with Gasteiger partial charge in [0.15, 0.2) is 0 Å². The predicted molar refractivity (Wildman–Crippen MR) is 63.6 cm³/mol. The Kier molecular flexibility index (Phi) is 4.58. The number of carbonyl (C=O) groups is 1. The highest BCUT2D eigenvalue weighted by atomic mass is 35.5. The number of halogens is 1. The Labute approximate surface area is 99.9 Å². The molecule has 0 bridgehead atoms. The summed E-state index contributed by atoms with van der Waals surface area (Å²) >= 11 is 6.00. The quantitative estimate of drug-likeness (QED) is 0.786. The molecule has 1 amide bonds. The van der Waals surface area contributed by atoms with E-state index in [2.05, 4.69) is 10.9 Å². The Balaban J connectivity index is 2.94. The highest BCUT2D eigenvalue weighted by Gasteiger charge is 2.10. The van der Waals surface area contributed by atoms with Crippen LogP contribution in [0.25, 0.3) is 0 Å². The van der Waals surface area contributed by atoms with Crippen molar-refractivity contribution in [1.82, 2.24) is 10.9 Å². The van der Waals surface area contributed by atoms with Gasteiger partial charge in [-0.15, -0.1) is 0 Å². The molecule has 0 atom stereocenters. The van der Waals surface area contributed by atoms with Crippen LogP contribution in [0.15, 0.2) is 12.1 Å². The summed E-state index contributed by atoms with van der Waals surface area (Å²) in [7, 11) is 3.21. The largest absolute Gasteiger partial charge is 0.496 e. The minimum Gasteiger partial charge on any atom is -0.496 e. The first kappa shape index (κ1) is 12.8. The molecule has 0 aromatic heterocycles. The Morgan fingerprint density at radius 1 is 1.50 bits per heavy atom. The van der Waals surface area contributed by atoms with Crippen molar-refractivity contribution in [2.45, 2.75) is 13.3 Å². The van der Waals surface area contributed by atoms with Gasteiger partial charge in [-0.25, -0.2) is 5.43 Å². The molecule has 2 N–H and O–H groups in total. The van der Waals surface area contributed by atoms with Crippen LogP contribution in [0.2, 0.25) is 5.02 Å². The molecular formula is C11H15ClN2O2. The summed E-state index contributed by atoms with van der Waals surface area (Å²) in [6, 6.07) is 3.58. The summed E-state index contributed by atoms with van der Waals surface area (Å²) in [5, 5.41) is 0.632. The molecule has 0 unspecified atom stereocenters. The van der Waals surface area contributed by atoms with E-state index in [4.69, 9.17) is 16.3 Å². The van der Waals surface area contributed by atoms with Crippen LogP contribution in [0.5, 0.6) is 5.75 Å². The Morgan fingerprint density at radius 3 is 2.75 bits per heavy atom. The van der Waals surface area contributed by atoms with Gasteiger partial charge in [0.25, 0.3) is 0 Å². The standard InChI is InChI=1S/C11H15ClN2O2/c1-7-4-10(16-3)8(5-9(7)12)6-11(15)14-13-2/h4-5,13H,6H2,1-3H3,(H,14,15). The van der Waals surface area contributed by atoms with E-state index in [1.165, 1.54) is 0 Å². The van der Waals surface area contributed by atoms with Gasteiger partial charge in [-0.1, -0.05) is 11.6 Å². The Bertz CT molecular complexity index is 394. The fourth-order valence-electron chi connectivity index (χ4n) is 1.38. The average molecular weight is 243 g/mol. The number of benzene rings is 1. The molecular weight excluding hydrogens is 228 g/mol. The van der Waals surface area contributed by atoms with Crippen molar-refractivity contribution in [2.75, 3.05) is 14.2 Å². The maximum absolute atomic E-state index is 11.4. The van der Waals surface area contributed by atoms with Crippen LogP contribution in [0, 0.1) is 6.92 Å². The Morgan fingerprint density at radius 2 is 2.19 bits per heavy atom. The van der Waals surface area contributed by atoms with Crippen molar-refractivity contribution in [2.24, 2.45) is 0 Å². The molecule has 5 heteroatoms. The summed E-state index contributed by atoms with van der Waals surface area (Å²) in [5.74, 6) is 0.536. The van der Waals surface area contributed by atoms with E-state index in [0.29, 0.717) is 10.8 Å². The number of hydrogen-bond acceptors (Lipinski definition) is 3. The zero-order valence-corrected chi connectivity index (χ0v) is 10.3. The van der Waals surface area contributed by atoms with Crippen molar-refractivity contribution in [1.29, 1.82) is 0 Å². The van der Waals surface area contributed by atoms with E-state index in [1.54, 1.807) is 20.2 Å². The molecule has 0 saturated carbocycles. The Hall–Kier alpha value is -1.26. The molecule has 1 aromatic rings. The van der Waals surface area contributed by atoms with Crippen LogP contribution < -0.4 is 15.6 Å². The van der Waals surface area contributed by atoms with Gasteiger partial charge in [0, 0.05) is 17.6 Å². The van der Waals surface area contributed by atoms with Gasteiger partial charge < -0.3 is 4.74 Å². The van der Waals surface area contributed by atoms with Crippen LogP contribution in [-0.2, 0) is 11.2 Å². The fraction of sp³-hybridized carbons (Fsp3) is 0.364. The van der Waals surface area contributed by atoms with E-state index in [-0.39, 0.29) is 12.3 Å². The van der Waals surface area contributed by atoms with Crippen LogP contribution in [-0.4, -0.2) is 20.1 Å². The molecule has 88 valence electrons. The van der Waals surface area contributed by atoms with E-state index in [1.807, 2.05) is 13.0 Å². The fourth-order valence-corrected chi connectivity index (χ4v) is 1.57. The first-order chi connectivity index (χ1) is 7.58. The smallest absolute Gasteiger partial charge is 0.238 e. The number of methoxy groups -OCH3 is 1. The highest BCUT2D eigenvalue weighted by Crippen LogP contribution is 2.26. The molecule has 1 rings (SSSR count). The molecule has 0 spiro atoms. The number of aryl methyl sites for hydroxylation is 1. The molecule has 0 fully saturated rings. The topological polar surface area (TPSA) is 50.4 Å². The second-order valence-corrected chi connectivity index (χ2v) is 3.80. The summed E-state index contributed by atoms with van der Waals surface area (Å²) in [6.07, 6.45) is 0.226. The monoisotopic (exact) mass is 242 g/mol. The van der Waals surface area contributed by atoms with E-state index in [9.17, 15) is 4.79 Å². The lowest BCUT2D eigenvalue weighted by Gasteiger charge is -2.10. The number of ether oxygens (including phenoxy) is 1. The molecule has 16 heavy (non-hydrogen) atoms. The first-order valence-electron chi connectivity index (χ1n) is 4.87. The molecule has 0 heterocycles. The number of hydrazine groups is 1. The van der Waals surface area contributed by atoms with Crippen molar-refractivity contribution in [3.05, 3.63) is 28.3 Å². The molecule has 0 saturated heterocycles. The number of rotatable bonds is 4. The van der Waals surface area contributed by atoms with Crippen molar-refractivity contribution < 1.29 is 9.53 Å². The number of hydrogen-bond donors (Lipinski definition) is 2. The van der Waals surface area contributed by atoms with Crippen LogP contribution in [0.4, 0.5) is 0 Å². The summed E-state index contributed by atoms with van der Waals surface area (Å²) < 4.78 is 5.20. The number of amides is 1. The first-order valence-corrected chi connectivity index (χ1v) is 5.25. The normalized spacial score (nSPS) is 10.0. The minimum absolute atomic E-state index is 0.138. The summed E-state index contributed by atoms with van der Waals surface area (Å²) in [6.45, 7) is 1.89. The van der Waals surface area contributed by atoms with Crippen molar-refractivity contribution in [3.8, 4) is 5.75 Å². The van der Waals surface area contributed by atoms with E-state index in [0.717, 1.165) is 11.1 Å². The third-order valence-electron chi connectivity index (χ3n) is 2.18. The molecule has 0 aliphatic carbocycles. The van der Waals surface area contributed by atoms with Gasteiger partial charge in [-0.3, -0.25) is 10.2 Å². The predicted octanol–water partition coefficient (Wildman–Crippen LogP) is 1.45. The van der Waals surface area contributed by atoms with Crippen LogP contribution in [0.1, 0.15) is 11.1 Å². The summed E-state index contributed by atoms with van der Waals surface area (Å²) in [5.41, 5.74) is 6.77. The number of nitrogens with one attached hydrogen (secondary N) is 2. The number of carbonyl (C=O) groups excluding carboxylic acids is 1. The van der Waals surface area contributed by atoms with Gasteiger partial charge in [0.1, 0.15) is 5.75 Å². The molecule has 0 radical (unpaired) electrons. The van der Waals surface area contributed by atoms with Crippen molar-refractivity contribution in [3.63, 3.8) is 0 Å². The van der Waals surface area contributed by atoms with E-state index >= 15 is 0 Å². The van der Waals surface area contributed by atoms with E-state index < -0.39 is 0 Å². The minimum atomic E-state index is -0.138. The van der Waals surface area contributed by atoms with Crippen molar-refractivity contribution >= 4 is 17.5 Å². The van der Waals surface area contributed by atoms with Gasteiger partial charge in [0.05, 0.1) is 13.5 Å². The van der Waals surface area contributed by atoms with Crippen LogP contribution >= 0.6 is 11.6 Å². The maximum Gasteiger partial charge on any atom is 0.238 e. The molecule has 1 aromatic carbocycles. The third-order valence-corrected chi connectivity index (χ3v) is 2.58. The zero-order chi connectivity index (χ0) is 12.1. The second-order valence-electron chi connectivity index (χ2n) is 3.39. The van der Waals surface area contributed by atoms with Crippen LogP contribution in [0.3, 0.4) is 0 Å². The highest BCUT2D eigenvalue weighted by molar-refractivity contribution is 6.31. The average Bonchev–Trinajstić information content (AvgIpc) is 2.23. The lowest BCUT2D eigenvalue weighted by Crippen LogP contribution is -2.35. The lowest BCUT2D eigenvalue weighted by atomic mass is 10.1. The SMILES string of the molecule is CNNC(=O)Cc1cc(Cl)c(C)cc1OC. The molecule has 0 aliphatic rings. The van der Waals surface area contributed by atoms with Gasteiger partial charge in [-0.05, 0) is 24.6 Å². The van der Waals surface area contributed by atoms with Gasteiger partial charge >= 0.3 is 0 Å².